The van der Waals surface area contributed by atoms with Crippen molar-refractivity contribution in [2.45, 2.75) is 45.8 Å². The summed E-state index contributed by atoms with van der Waals surface area (Å²) in [5.41, 5.74) is 1.12. The summed E-state index contributed by atoms with van der Waals surface area (Å²) in [5.74, 6) is 1.54. The number of piperazine rings is 1. The van der Waals surface area contributed by atoms with Crippen LogP contribution in [-0.2, 0) is 9.53 Å². The first-order valence-electron chi connectivity index (χ1n) is 11.3. The molecule has 1 aromatic rings. The van der Waals surface area contributed by atoms with Crippen molar-refractivity contribution in [3.63, 3.8) is 0 Å². The van der Waals surface area contributed by atoms with Crippen molar-refractivity contribution in [2.75, 3.05) is 51.2 Å². The molecule has 7 nitrogen and oxygen atoms in total. The maximum absolute atomic E-state index is 12.6. The van der Waals surface area contributed by atoms with E-state index in [4.69, 9.17) is 9.73 Å². The Bertz CT molecular complexity index is 686. The van der Waals surface area contributed by atoms with Crippen molar-refractivity contribution < 1.29 is 9.53 Å². The molecule has 2 atom stereocenters. The Morgan fingerprint density at radius 3 is 2.42 bits per heavy atom. The van der Waals surface area contributed by atoms with Crippen LogP contribution in [0.3, 0.4) is 0 Å². The van der Waals surface area contributed by atoms with E-state index in [2.05, 4.69) is 48.4 Å². The van der Waals surface area contributed by atoms with E-state index in [0.29, 0.717) is 19.1 Å². The fourth-order valence-electron chi connectivity index (χ4n) is 3.90. The Morgan fingerprint density at radius 1 is 1.16 bits per heavy atom. The van der Waals surface area contributed by atoms with Crippen LogP contribution in [0.25, 0.3) is 0 Å². The molecular formula is C23H38IN5O2. The van der Waals surface area contributed by atoms with Crippen LogP contribution in [0.2, 0.25) is 0 Å². The maximum atomic E-state index is 12.6. The van der Waals surface area contributed by atoms with Gasteiger partial charge in [-0.05, 0) is 37.8 Å². The number of rotatable bonds is 7. The lowest BCUT2D eigenvalue weighted by Crippen LogP contribution is -2.55. The number of nitrogens with zero attached hydrogens (tertiary/aromatic N) is 3. The predicted molar refractivity (Wildman–Crippen MR) is 137 cm³/mol. The molecule has 2 N–H and O–H groups in total. The lowest BCUT2D eigenvalue weighted by molar-refractivity contribution is -0.142. The summed E-state index contributed by atoms with van der Waals surface area (Å²) in [7, 11) is 0. The number of guanidine groups is 1. The van der Waals surface area contributed by atoms with E-state index >= 15 is 0 Å². The molecule has 31 heavy (non-hydrogen) atoms. The number of hydrogen-bond acceptors (Lipinski definition) is 4. The van der Waals surface area contributed by atoms with Crippen LogP contribution in [-0.4, -0.2) is 79.7 Å². The Morgan fingerprint density at radius 2 is 1.84 bits per heavy atom. The van der Waals surface area contributed by atoms with Gasteiger partial charge in [-0.2, -0.15) is 0 Å². The number of halogens is 1. The third-order valence-electron chi connectivity index (χ3n) is 5.80. The summed E-state index contributed by atoms with van der Waals surface area (Å²) < 4.78 is 5.57. The van der Waals surface area contributed by atoms with E-state index in [1.54, 1.807) is 0 Å². The molecule has 2 heterocycles. The summed E-state index contributed by atoms with van der Waals surface area (Å²) in [6.45, 7) is 11.8. The van der Waals surface area contributed by atoms with Gasteiger partial charge in [-0.1, -0.05) is 32.0 Å². The highest BCUT2D eigenvalue weighted by Crippen LogP contribution is 2.16. The van der Waals surface area contributed by atoms with Gasteiger partial charge in [0.05, 0.1) is 6.54 Å². The van der Waals surface area contributed by atoms with Crippen LogP contribution in [0.1, 0.15) is 33.6 Å². The second-order valence-corrected chi connectivity index (χ2v) is 8.37. The molecule has 1 aromatic carbocycles. The zero-order valence-electron chi connectivity index (χ0n) is 19.0. The van der Waals surface area contributed by atoms with Crippen molar-refractivity contribution >= 4 is 41.5 Å². The zero-order valence-corrected chi connectivity index (χ0v) is 21.4. The van der Waals surface area contributed by atoms with Crippen LogP contribution in [0.5, 0.6) is 0 Å². The highest BCUT2D eigenvalue weighted by molar-refractivity contribution is 14.0. The van der Waals surface area contributed by atoms with Gasteiger partial charge in [-0.15, -0.1) is 24.0 Å². The minimum absolute atomic E-state index is 0. The lowest BCUT2D eigenvalue weighted by atomic mass is 10.0. The predicted octanol–water partition coefficient (Wildman–Crippen LogP) is 3.03. The summed E-state index contributed by atoms with van der Waals surface area (Å²) >= 11 is 0. The van der Waals surface area contributed by atoms with Gasteiger partial charge in [0.1, 0.15) is 6.10 Å². The minimum Gasteiger partial charge on any atom is -0.380 e. The molecule has 174 valence electrons. The smallest absolute Gasteiger partial charge is 0.251 e. The van der Waals surface area contributed by atoms with Crippen LogP contribution < -0.4 is 10.6 Å². The maximum Gasteiger partial charge on any atom is 0.251 e. The van der Waals surface area contributed by atoms with E-state index in [9.17, 15) is 4.79 Å². The average molecular weight is 543 g/mol. The molecule has 3 rings (SSSR count). The second-order valence-electron chi connectivity index (χ2n) is 8.37. The number of aliphatic imine (C=N–C) groups is 1. The Kier molecular flexibility index (Phi) is 10.9. The van der Waals surface area contributed by atoms with Gasteiger partial charge in [-0.3, -0.25) is 9.79 Å². The normalized spacial score (nSPS) is 20.4. The number of anilines is 1. The first-order chi connectivity index (χ1) is 14.6. The average Bonchev–Trinajstić information content (AvgIpc) is 3.31. The van der Waals surface area contributed by atoms with E-state index in [0.717, 1.165) is 57.2 Å². The number of para-hydroxylation sites is 1. The molecule has 0 aromatic heterocycles. The summed E-state index contributed by atoms with van der Waals surface area (Å²) in [6.07, 6.45) is 1.62. The Balaban J connectivity index is 0.00000341. The number of hydrogen-bond donors (Lipinski definition) is 2. The molecule has 1 amide bonds. The van der Waals surface area contributed by atoms with Crippen molar-refractivity contribution in [1.82, 2.24) is 15.1 Å². The molecule has 8 heteroatoms. The largest absolute Gasteiger partial charge is 0.380 e. The number of carbonyl (C=O) groups is 1. The number of carbonyl (C=O) groups excluding carboxylic acids is 1. The van der Waals surface area contributed by atoms with Gasteiger partial charge >= 0.3 is 0 Å². The monoisotopic (exact) mass is 543 g/mol. The molecule has 2 unspecified atom stereocenters. The van der Waals surface area contributed by atoms with Crippen molar-refractivity contribution in [1.29, 1.82) is 0 Å². The quantitative estimate of drug-likeness (QED) is 0.315. The molecular weight excluding hydrogens is 505 g/mol. The number of ether oxygens (including phenoxy) is 1. The number of benzene rings is 1. The second kappa shape index (κ2) is 13.1. The van der Waals surface area contributed by atoms with Gasteiger partial charge in [0.2, 0.25) is 0 Å². The fraction of sp³-hybridized carbons (Fsp3) is 0.652. The number of nitrogens with one attached hydrogen (secondary N) is 2. The van der Waals surface area contributed by atoms with Crippen LogP contribution in [0, 0.1) is 5.92 Å². The zero-order chi connectivity index (χ0) is 21.3. The lowest BCUT2D eigenvalue weighted by Gasteiger charge is -2.37. The van der Waals surface area contributed by atoms with Crippen molar-refractivity contribution in [2.24, 2.45) is 10.9 Å². The summed E-state index contributed by atoms with van der Waals surface area (Å²) in [4.78, 5) is 21.8. The minimum atomic E-state index is -0.227. The Hall–Kier alpha value is -1.55. The molecule has 2 saturated heterocycles. The first-order valence-corrected chi connectivity index (χ1v) is 11.3. The van der Waals surface area contributed by atoms with Gasteiger partial charge in [0, 0.05) is 51.1 Å². The van der Waals surface area contributed by atoms with E-state index in [-0.39, 0.29) is 42.0 Å². The fourth-order valence-corrected chi connectivity index (χ4v) is 3.90. The molecule has 0 saturated carbocycles. The SMILES string of the molecule is CCNC(=NCC(Nc1ccccc1)C(C)C)N1CCN(C(=O)C2CCCO2)CC1.I. The first kappa shape index (κ1) is 25.7. The van der Waals surface area contributed by atoms with Crippen LogP contribution in [0.4, 0.5) is 5.69 Å². The van der Waals surface area contributed by atoms with Gasteiger partial charge in [-0.25, -0.2) is 0 Å². The standard InChI is InChI=1S/C23H37N5O2.HI/c1-4-24-23(25-17-20(18(2)3)26-19-9-6-5-7-10-19)28-14-12-27(13-15-28)22(29)21-11-8-16-30-21;/h5-7,9-10,18,20-21,26H,4,8,11-17H2,1-3H3,(H,24,25);1H. The Labute approximate surface area is 204 Å². The molecule has 2 fully saturated rings. The molecule has 2 aliphatic rings. The molecule has 2 aliphatic heterocycles. The molecule has 0 radical (unpaired) electrons. The van der Waals surface area contributed by atoms with Gasteiger partial charge < -0.3 is 25.2 Å². The van der Waals surface area contributed by atoms with E-state index in [1.165, 1.54) is 0 Å². The molecule has 0 spiro atoms. The van der Waals surface area contributed by atoms with Crippen LogP contribution in [0.15, 0.2) is 35.3 Å². The van der Waals surface area contributed by atoms with Gasteiger partial charge in [0.25, 0.3) is 5.91 Å². The third kappa shape index (κ3) is 7.52. The van der Waals surface area contributed by atoms with Crippen molar-refractivity contribution in [3.05, 3.63) is 30.3 Å². The summed E-state index contributed by atoms with van der Waals surface area (Å²) in [5, 5.41) is 7.04. The van der Waals surface area contributed by atoms with E-state index < -0.39 is 0 Å². The van der Waals surface area contributed by atoms with Gasteiger partial charge in [0.15, 0.2) is 5.96 Å². The highest BCUT2D eigenvalue weighted by atomic mass is 127. The third-order valence-corrected chi connectivity index (χ3v) is 5.80. The highest BCUT2D eigenvalue weighted by Gasteiger charge is 2.31. The van der Waals surface area contributed by atoms with Crippen LogP contribution >= 0.6 is 24.0 Å². The van der Waals surface area contributed by atoms with Crippen molar-refractivity contribution in [3.8, 4) is 0 Å². The topological polar surface area (TPSA) is 69.2 Å². The molecule has 0 aliphatic carbocycles. The number of amides is 1. The van der Waals surface area contributed by atoms with E-state index in [1.807, 2.05) is 23.1 Å². The summed E-state index contributed by atoms with van der Waals surface area (Å²) in [6, 6.07) is 10.6. The molecule has 0 bridgehead atoms.